The number of sulfonamides is 1. The molecule has 164 valence electrons. The molecule has 1 saturated heterocycles. The Bertz CT molecular complexity index is 1170. The van der Waals surface area contributed by atoms with Gasteiger partial charge >= 0.3 is 0 Å². The molecule has 31 heavy (non-hydrogen) atoms. The van der Waals surface area contributed by atoms with Gasteiger partial charge in [0.2, 0.25) is 10.0 Å². The second-order valence-electron chi connectivity index (χ2n) is 6.63. The lowest BCUT2D eigenvalue weighted by molar-refractivity contribution is 0.0730. The third kappa shape index (κ3) is 4.90. The minimum absolute atomic E-state index is 0.0879. The van der Waals surface area contributed by atoms with E-state index in [0.717, 1.165) is 12.1 Å². The van der Waals surface area contributed by atoms with Crippen LogP contribution in [0.5, 0.6) is 0 Å². The zero-order chi connectivity index (χ0) is 22.0. The van der Waals surface area contributed by atoms with Gasteiger partial charge < -0.3 is 4.74 Å². The number of nitrogens with zero attached hydrogens (tertiary/aromatic N) is 3. The number of benzene rings is 2. The number of aliphatic imine (C=N–C) groups is 1. The molecule has 0 aliphatic carbocycles. The molecule has 0 radical (unpaired) electrons. The Labute approximate surface area is 187 Å². The van der Waals surface area contributed by atoms with E-state index >= 15 is 0 Å². The largest absolute Gasteiger partial charge is 0.379 e. The van der Waals surface area contributed by atoms with E-state index in [1.54, 1.807) is 0 Å². The fraction of sp³-hybridized carbons (Fsp3) is 0.263. The molecule has 0 amide bonds. The summed E-state index contributed by atoms with van der Waals surface area (Å²) in [6, 6.07) is 7.90. The van der Waals surface area contributed by atoms with E-state index in [2.05, 4.69) is 15.5 Å². The van der Waals surface area contributed by atoms with Crippen LogP contribution in [0.15, 0.2) is 51.4 Å². The maximum absolute atomic E-state index is 13.5. The summed E-state index contributed by atoms with van der Waals surface area (Å²) in [6.07, 6.45) is 0. The highest BCUT2D eigenvalue weighted by Crippen LogP contribution is 2.31. The molecule has 0 unspecified atom stereocenters. The number of ether oxygens (including phenoxy) is 1. The molecule has 0 saturated carbocycles. The Morgan fingerprint density at radius 3 is 2.58 bits per heavy atom. The lowest BCUT2D eigenvalue weighted by Crippen LogP contribution is -2.40. The first-order valence-corrected chi connectivity index (χ1v) is 12.0. The van der Waals surface area contributed by atoms with Crippen molar-refractivity contribution < 1.29 is 21.9 Å². The summed E-state index contributed by atoms with van der Waals surface area (Å²) in [6.45, 7) is 1.27. The van der Waals surface area contributed by atoms with E-state index < -0.39 is 21.7 Å². The van der Waals surface area contributed by atoms with E-state index in [-0.39, 0.29) is 28.7 Å². The molecule has 4 rings (SSSR count). The van der Waals surface area contributed by atoms with Crippen molar-refractivity contribution in [2.24, 2.45) is 10.1 Å². The van der Waals surface area contributed by atoms with Gasteiger partial charge in [-0.3, -0.25) is 5.43 Å². The number of amidine groups is 1. The average Bonchev–Trinajstić information content (AvgIpc) is 2.78. The molecule has 12 heteroatoms. The van der Waals surface area contributed by atoms with Crippen LogP contribution in [0.25, 0.3) is 0 Å². The number of hydrogen-bond acceptors (Lipinski definition) is 6. The second-order valence-corrected chi connectivity index (χ2v) is 9.94. The Morgan fingerprint density at radius 1 is 1.13 bits per heavy atom. The van der Waals surface area contributed by atoms with Crippen molar-refractivity contribution >= 4 is 50.0 Å². The maximum Gasteiger partial charge on any atom is 0.243 e. The molecular weight excluding hydrogens is 470 g/mol. The average molecular weight is 487 g/mol. The summed E-state index contributed by atoms with van der Waals surface area (Å²) in [5.74, 6) is -1.51. The van der Waals surface area contributed by atoms with Crippen molar-refractivity contribution in [1.82, 2.24) is 9.73 Å². The molecular formula is C19H17ClF2N4O3S2. The van der Waals surface area contributed by atoms with Gasteiger partial charge in [-0.2, -0.15) is 9.41 Å². The number of thioether (sulfide) groups is 1. The number of morpholine rings is 1. The molecule has 1 fully saturated rings. The monoisotopic (exact) mass is 486 g/mol. The predicted octanol–water partition coefficient (Wildman–Crippen LogP) is 3.37. The summed E-state index contributed by atoms with van der Waals surface area (Å²) in [4.78, 5) is 4.47. The highest BCUT2D eigenvalue weighted by molar-refractivity contribution is 8.14. The van der Waals surface area contributed by atoms with Crippen molar-refractivity contribution in [2.45, 2.75) is 4.90 Å². The number of hydrazone groups is 1. The third-order valence-corrected chi connectivity index (χ3v) is 7.72. The maximum atomic E-state index is 13.5. The van der Waals surface area contributed by atoms with Gasteiger partial charge in [-0.25, -0.2) is 22.2 Å². The minimum atomic E-state index is -3.69. The van der Waals surface area contributed by atoms with Gasteiger partial charge in [-0.1, -0.05) is 23.4 Å². The van der Waals surface area contributed by atoms with Gasteiger partial charge in [0.05, 0.1) is 34.5 Å². The van der Waals surface area contributed by atoms with Gasteiger partial charge in [0.15, 0.2) is 16.8 Å². The van der Waals surface area contributed by atoms with E-state index in [4.69, 9.17) is 16.3 Å². The van der Waals surface area contributed by atoms with E-state index in [1.165, 1.54) is 40.3 Å². The zero-order valence-electron chi connectivity index (χ0n) is 16.0. The van der Waals surface area contributed by atoms with Crippen LogP contribution in [0, 0.1) is 11.6 Å². The first-order chi connectivity index (χ1) is 14.8. The van der Waals surface area contributed by atoms with Crippen molar-refractivity contribution in [3.8, 4) is 0 Å². The predicted molar refractivity (Wildman–Crippen MR) is 117 cm³/mol. The molecule has 1 N–H and O–H groups in total. The Kier molecular flexibility index (Phi) is 6.58. The van der Waals surface area contributed by atoms with Crippen LogP contribution in [-0.2, 0) is 14.8 Å². The van der Waals surface area contributed by atoms with Crippen LogP contribution in [0.3, 0.4) is 0 Å². The van der Waals surface area contributed by atoms with Crippen LogP contribution < -0.4 is 5.43 Å². The number of halogens is 3. The Morgan fingerprint density at radius 2 is 1.90 bits per heavy atom. The topological polar surface area (TPSA) is 83.4 Å². The molecule has 2 heterocycles. The first-order valence-electron chi connectivity index (χ1n) is 9.21. The first kappa shape index (κ1) is 22.2. The molecule has 2 aliphatic rings. The lowest BCUT2D eigenvalue weighted by atomic mass is 10.1. The lowest BCUT2D eigenvalue weighted by Gasteiger charge is -2.26. The fourth-order valence-electron chi connectivity index (χ4n) is 2.98. The highest BCUT2D eigenvalue weighted by atomic mass is 35.5. The van der Waals surface area contributed by atoms with Crippen LogP contribution in [0.2, 0.25) is 5.02 Å². The van der Waals surface area contributed by atoms with E-state index in [0.29, 0.717) is 35.4 Å². The van der Waals surface area contributed by atoms with Crippen LogP contribution in [0.1, 0.15) is 5.56 Å². The SMILES string of the molecule is O=S(=O)(c1ccc(Cl)c(N=C2NN=C(c3ccc(F)c(F)c3)CS2)c1)N1CCOCC1. The summed E-state index contributed by atoms with van der Waals surface area (Å²) in [7, 11) is -3.69. The summed E-state index contributed by atoms with van der Waals surface area (Å²) >= 11 is 7.50. The molecule has 2 aromatic rings. The third-order valence-electron chi connectivity index (χ3n) is 4.63. The van der Waals surface area contributed by atoms with Crippen molar-refractivity contribution in [3.05, 3.63) is 58.6 Å². The molecule has 2 aliphatic heterocycles. The fourth-order valence-corrected chi connectivity index (χ4v) is 5.35. The standard InChI is InChI=1S/C19H17ClF2N4O3S2/c20-14-3-2-13(31(27,28)26-5-7-29-8-6-26)10-17(14)23-19-25-24-18(11-30-19)12-1-4-15(21)16(22)9-12/h1-4,9-10H,5-8,11H2,(H,23,25). The van der Waals surface area contributed by atoms with Crippen molar-refractivity contribution in [3.63, 3.8) is 0 Å². The van der Waals surface area contributed by atoms with E-state index in [1.807, 2.05) is 0 Å². The quantitative estimate of drug-likeness (QED) is 0.716. The Hall–Kier alpha value is -2.05. The molecule has 0 aromatic heterocycles. The second kappa shape index (κ2) is 9.21. The van der Waals surface area contributed by atoms with Crippen LogP contribution >= 0.6 is 23.4 Å². The molecule has 0 atom stereocenters. The van der Waals surface area contributed by atoms with Crippen molar-refractivity contribution in [1.29, 1.82) is 0 Å². The molecule has 0 bridgehead atoms. The number of hydrogen-bond donors (Lipinski definition) is 1. The van der Waals surface area contributed by atoms with Crippen molar-refractivity contribution in [2.75, 3.05) is 32.1 Å². The van der Waals surface area contributed by atoms with E-state index in [9.17, 15) is 17.2 Å². The summed E-state index contributed by atoms with van der Waals surface area (Å²) in [5, 5.41) is 4.85. The number of nitrogens with one attached hydrogen (secondary N) is 1. The van der Waals surface area contributed by atoms with Crippen LogP contribution in [0.4, 0.5) is 14.5 Å². The summed E-state index contributed by atoms with van der Waals surface area (Å²) in [5.41, 5.74) is 4.00. The Balaban J connectivity index is 1.56. The smallest absolute Gasteiger partial charge is 0.243 e. The minimum Gasteiger partial charge on any atom is -0.379 e. The van der Waals surface area contributed by atoms with Gasteiger partial charge in [0.1, 0.15) is 0 Å². The van der Waals surface area contributed by atoms with Gasteiger partial charge in [0, 0.05) is 24.4 Å². The zero-order valence-corrected chi connectivity index (χ0v) is 18.4. The molecule has 0 spiro atoms. The highest BCUT2D eigenvalue weighted by Gasteiger charge is 2.27. The summed E-state index contributed by atoms with van der Waals surface area (Å²) < 4.78 is 58.9. The van der Waals surface area contributed by atoms with Gasteiger partial charge in [-0.05, 0) is 36.4 Å². The molecule has 7 nitrogen and oxygen atoms in total. The van der Waals surface area contributed by atoms with Crippen LogP contribution in [-0.4, -0.2) is 55.7 Å². The molecule has 2 aromatic carbocycles. The normalized spacial score (nSPS) is 19.2. The number of rotatable bonds is 4. The van der Waals surface area contributed by atoms with Gasteiger partial charge in [-0.15, -0.1) is 0 Å². The van der Waals surface area contributed by atoms with Gasteiger partial charge in [0.25, 0.3) is 0 Å².